The zero-order valence-electron chi connectivity index (χ0n) is 19.3. The van der Waals surface area contributed by atoms with Crippen molar-refractivity contribution in [3.63, 3.8) is 0 Å². The van der Waals surface area contributed by atoms with E-state index < -0.39 is 0 Å². The zero-order valence-corrected chi connectivity index (χ0v) is 19.3. The van der Waals surface area contributed by atoms with E-state index in [0.717, 1.165) is 38.8 Å². The van der Waals surface area contributed by atoms with Crippen LogP contribution in [0.2, 0.25) is 0 Å². The molecular formula is C28H33N3O2. The lowest BCUT2D eigenvalue weighted by Crippen LogP contribution is -2.02. The van der Waals surface area contributed by atoms with Crippen LogP contribution >= 0.6 is 0 Å². The minimum atomic E-state index is 0. The smallest absolute Gasteiger partial charge is 0.162 e. The first kappa shape index (κ1) is 25.4. The molecule has 0 saturated carbocycles. The average Bonchev–Trinajstić information content (AvgIpc) is 3.29. The van der Waals surface area contributed by atoms with Crippen molar-refractivity contribution in [3.8, 4) is 17.1 Å². The Hall–Kier alpha value is -3.86. The summed E-state index contributed by atoms with van der Waals surface area (Å²) >= 11 is 0. The Morgan fingerprint density at radius 2 is 1.88 bits per heavy atom. The molecule has 4 rings (SSSR count). The fourth-order valence-electron chi connectivity index (χ4n) is 3.38. The van der Waals surface area contributed by atoms with E-state index in [1.54, 1.807) is 13.2 Å². The van der Waals surface area contributed by atoms with Gasteiger partial charge in [0.1, 0.15) is 28.4 Å². The summed E-state index contributed by atoms with van der Waals surface area (Å²) in [5.74, 6) is 2.70. The number of ether oxygens (including phenoxy) is 1. The number of rotatable bonds is 6. The first-order chi connectivity index (χ1) is 15.7. The third kappa shape index (κ3) is 5.14. The number of hydrogen-bond donors (Lipinski definition) is 1. The van der Waals surface area contributed by atoms with Gasteiger partial charge < -0.3 is 14.5 Å². The molecule has 0 amide bonds. The molecule has 4 aromatic rings. The highest BCUT2D eigenvalue weighted by Crippen LogP contribution is 2.37. The molecule has 0 aliphatic rings. The molecule has 0 atom stereocenters. The predicted molar refractivity (Wildman–Crippen MR) is 142 cm³/mol. The molecule has 0 aliphatic heterocycles. The van der Waals surface area contributed by atoms with Gasteiger partial charge in [-0.3, -0.25) is 0 Å². The van der Waals surface area contributed by atoms with E-state index in [4.69, 9.17) is 19.1 Å². The van der Waals surface area contributed by atoms with Gasteiger partial charge in [-0.1, -0.05) is 70.4 Å². The van der Waals surface area contributed by atoms with Crippen molar-refractivity contribution in [1.82, 2.24) is 9.97 Å². The van der Waals surface area contributed by atoms with Crippen LogP contribution < -0.4 is 10.1 Å². The summed E-state index contributed by atoms with van der Waals surface area (Å²) in [5.41, 5.74) is 3.29. The maximum Gasteiger partial charge on any atom is 0.162 e. The summed E-state index contributed by atoms with van der Waals surface area (Å²) in [5, 5.41) is 5.09. The molecule has 5 heteroatoms. The quantitative estimate of drug-likeness (QED) is 0.307. The third-order valence-electron chi connectivity index (χ3n) is 4.88. The van der Waals surface area contributed by atoms with Gasteiger partial charge in [0.2, 0.25) is 0 Å². The van der Waals surface area contributed by atoms with E-state index >= 15 is 0 Å². The number of hydrogen-bond acceptors (Lipinski definition) is 5. The molecule has 2 heterocycles. The monoisotopic (exact) mass is 443 g/mol. The highest BCUT2D eigenvalue weighted by atomic mass is 16.5. The number of furan rings is 1. The molecule has 0 spiro atoms. The molecule has 0 radical (unpaired) electrons. The standard InChI is InChI=1S/C25H23N3O2.C2H6.CH4/c1-5-7-10-16(6-2)24-27-23-19(25(26-3)28-24)13-18(15-22(23)29-4)21-14-17-11-8-9-12-20(17)30-21;1-2;/h5-15H,2H2,1,3-4H3,(H,26,27,28);1-2H3;1H4/b7-5-,16-10+;;. The van der Waals surface area contributed by atoms with Gasteiger partial charge in [0, 0.05) is 29.0 Å². The summed E-state index contributed by atoms with van der Waals surface area (Å²) in [6, 6.07) is 13.9. The Morgan fingerprint density at radius 1 is 1.12 bits per heavy atom. The van der Waals surface area contributed by atoms with Crippen molar-refractivity contribution >= 4 is 33.3 Å². The van der Waals surface area contributed by atoms with E-state index in [1.165, 1.54) is 0 Å². The number of nitrogens with zero attached hydrogens (tertiary/aromatic N) is 2. The molecule has 2 aromatic heterocycles. The van der Waals surface area contributed by atoms with Crippen molar-refractivity contribution in [3.05, 3.63) is 79.2 Å². The largest absolute Gasteiger partial charge is 0.494 e. The van der Waals surface area contributed by atoms with E-state index in [0.29, 0.717) is 17.4 Å². The third-order valence-corrected chi connectivity index (χ3v) is 4.88. The predicted octanol–water partition coefficient (Wildman–Crippen LogP) is 7.90. The topological polar surface area (TPSA) is 60.2 Å². The van der Waals surface area contributed by atoms with Crippen molar-refractivity contribution < 1.29 is 9.15 Å². The second kappa shape index (κ2) is 11.7. The number of methoxy groups -OCH3 is 1. The van der Waals surface area contributed by atoms with Gasteiger partial charge in [-0.15, -0.1) is 0 Å². The van der Waals surface area contributed by atoms with Gasteiger partial charge in [-0.05, 0) is 31.2 Å². The molecule has 0 unspecified atom stereocenters. The molecule has 0 aliphatic carbocycles. The Balaban J connectivity index is 0.00000125. The minimum Gasteiger partial charge on any atom is -0.494 e. The highest BCUT2D eigenvalue weighted by Gasteiger charge is 2.16. The first-order valence-corrected chi connectivity index (χ1v) is 10.7. The Kier molecular flexibility index (Phi) is 8.98. The Labute approximate surface area is 196 Å². The van der Waals surface area contributed by atoms with Gasteiger partial charge in [-0.2, -0.15) is 0 Å². The van der Waals surface area contributed by atoms with E-state index in [-0.39, 0.29) is 7.43 Å². The molecule has 0 fully saturated rings. The second-order valence-electron chi connectivity index (χ2n) is 6.72. The van der Waals surface area contributed by atoms with Crippen LogP contribution in [0, 0.1) is 0 Å². The van der Waals surface area contributed by atoms with E-state index in [2.05, 4.69) is 11.9 Å². The lowest BCUT2D eigenvalue weighted by atomic mass is 10.1. The molecule has 0 saturated heterocycles. The van der Waals surface area contributed by atoms with Crippen molar-refractivity contribution in [1.29, 1.82) is 0 Å². The lowest BCUT2D eigenvalue weighted by Gasteiger charge is -2.13. The summed E-state index contributed by atoms with van der Waals surface area (Å²) in [4.78, 5) is 9.49. The van der Waals surface area contributed by atoms with Crippen LogP contribution in [0.15, 0.2) is 77.8 Å². The van der Waals surface area contributed by atoms with Crippen molar-refractivity contribution in [2.24, 2.45) is 0 Å². The van der Waals surface area contributed by atoms with Gasteiger partial charge in [0.25, 0.3) is 0 Å². The van der Waals surface area contributed by atoms with Gasteiger partial charge in [-0.25, -0.2) is 9.97 Å². The van der Waals surface area contributed by atoms with Crippen LogP contribution in [0.4, 0.5) is 5.82 Å². The molecule has 0 bridgehead atoms. The van der Waals surface area contributed by atoms with Crippen LogP contribution in [0.25, 0.3) is 38.8 Å². The Bertz CT molecular complexity index is 1270. The van der Waals surface area contributed by atoms with Crippen LogP contribution in [-0.2, 0) is 0 Å². The summed E-state index contributed by atoms with van der Waals surface area (Å²) in [6.07, 6.45) is 7.56. The number of aromatic nitrogens is 2. The van der Waals surface area contributed by atoms with Crippen LogP contribution in [0.3, 0.4) is 0 Å². The number of fused-ring (bicyclic) bond motifs is 2. The fourth-order valence-corrected chi connectivity index (χ4v) is 3.38. The molecule has 2 aromatic carbocycles. The van der Waals surface area contributed by atoms with Crippen LogP contribution in [0.5, 0.6) is 5.75 Å². The SMILES string of the molecule is C.C=C/C(=C\C=C/C)c1nc(NC)c2cc(-c3cc4ccccc4o3)cc(OC)c2n1.CC. The summed E-state index contributed by atoms with van der Waals surface area (Å²) < 4.78 is 11.7. The average molecular weight is 444 g/mol. The van der Waals surface area contributed by atoms with Gasteiger partial charge in [0.05, 0.1) is 7.11 Å². The van der Waals surface area contributed by atoms with E-state index in [1.807, 2.05) is 88.5 Å². The van der Waals surface area contributed by atoms with Gasteiger partial charge in [0.15, 0.2) is 5.82 Å². The fraction of sp³-hybridized carbons (Fsp3) is 0.214. The Morgan fingerprint density at radius 3 is 2.52 bits per heavy atom. The van der Waals surface area contributed by atoms with Crippen LogP contribution in [0.1, 0.15) is 34.0 Å². The maximum absolute atomic E-state index is 6.05. The molecule has 33 heavy (non-hydrogen) atoms. The molecule has 5 nitrogen and oxygen atoms in total. The normalized spacial score (nSPS) is 11.1. The zero-order chi connectivity index (χ0) is 23.1. The van der Waals surface area contributed by atoms with E-state index in [9.17, 15) is 0 Å². The van der Waals surface area contributed by atoms with Gasteiger partial charge >= 0.3 is 0 Å². The summed E-state index contributed by atoms with van der Waals surface area (Å²) in [7, 11) is 3.48. The minimum absolute atomic E-state index is 0. The van der Waals surface area contributed by atoms with Crippen molar-refractivity contribution in [2.75, 3.05) is 19.5 Å². The first-order valence-electron chi connectivity index (χ1n) is 10.7. The number of para-hydroxylation sites is 1. The number of allylic oxidation sites excluding steroid dienone is 5. The highest BCUT2D eigenvalue weighted by molar-refractivity contribution is 5.98. The lowest BCUT2D eigenvalue weighted by molar-refractivity contribution is 0.419. The van der Waals surface area contributed by atoms with Crippen molar-refractivity contribution in [2.45, 2.75) is 28.2 Å². The summed E-state index contributed by atoms with van der Waals surface area (Å²) in [6.45, 7) is 9.86. The maximum atomic E-state index is 6.05. The number of benzene rings is 2. The number of nitrogens with one attached hydrogen (secondary N) is 1. The number of anilines is 1. The van der Waals surface area contributed by atoms with Crippen LogP contribution in [-0.4, -0.2) is 24.1 Å². The molecular weight excluding hydrogens is 410 g/mol. The molecule has 172 valence electrons. The second-order valence-corrected chi connectivity index (χ2v) is 6.72. The molecule has 1 N–H and O–H groups in total.